The number of rotatable bonds is 4. The highest BCUT2D eigenvalue weighted by molar-refractivity contribution is 7.18. The first kappa shape index (κ1) is 14.7. The molecule has 0 saturated heterocycles. The first-order chi connectivity index (χ1) is 10.2. The molecule has 0 unspecified atom stereocenters. The van der Waals surface area contributed by atoms with E-state index in [1.807, 2.05) is 0 Å². The van der Waals surface area contributed by atoms with E-state index in [4.69, 9.17) is 0 Å². The van der Waals surface area contributed by atoms with Crippen molar-refractivity contribution in [2.24, 2.45) is 0 Å². The number of fused-ring (bicyclic) bond motifs is 1. The summed E-state index contributed by atoms with van der Waals surface area (Å²) in [6.07, 6.45) is 7.48. The van der Waals surface area contributed by atoms with Crippen LogP contribution < -0.4 is 5.32 Å². The topological polar surface area (TPSA) is 53.9 Å². The summed E-state index contributed by atoms with van der Waals surface area (Å²) in [6.45, 7) is 2.13. The van der Waals surface area contributed by atoms with Gasteiger partial charge in [0.25, 0.3) is 0 Å². The fraction of sp³-hybridized carbons (Fsp3) is 0.667. The van der Waals surface area contributed by atoms with Crippen molar-refractivity contribution in [3.8, 4) is 0 Å². The monoisotopic (exact) mass is 305 g/mol. The molecule has 0 atom stereocenters. The van der Waals surface area contributed by atoms with Crippen molar-refractivity contribution in [3.63, 3.8) is 0 Å². The summed E-state index contributed by atoms with van der Waals surface area (Å²) in [7, 11) is 4.35. The zero-order chi connectivity index (χ0) is 14.8. The van der Waals surface area contributed by atoms with Gasteiger partial charge in [-0.2, -0.15) is 0 Å². The van der Waals surface area contributed by atoms with Crippen molar-refractivity contribution in [1.82, 2.24) is 19.9 Å². The molecule has 0 bridgehead atoms. The summed E-state index contributed by atoms with van der Waals surface area (Å²) >= 11 is 1.67. The van der Waals surface area contributed by atoms with Gasteiger partial charge in [-0.15, -0.1) is 0 Å². The molecule has 1 saturated carbocycles. The van der Waals surface area contributed by atoms with Gasteiger partial charge in [0.15, 0.2) is 5.82 Å². The predicted octanol–water partition coefficient (Wildman–Crippen LogP) is 2.93. The fourth-order valence-electron chi connectivity index (χ4n) is 2.98. The van der Waals surface area contributed by atoms with E-state index in [0.29, 0.717) is 6.04 Å². The van der Waals surface area contributed by atoms with E-state index in [0.717, 1.165) is 33.6 Å². The van der Waals surface area contributed by atoms with E-state index in [1.165, 1.54) is 25.7 Å². The highest BCUT2D eigenvalue weighted by atomic mass is 32.1. The normalized spacial score (nSPS) is 22.9. The number of thiazole rings is 1. The van der Waals surface area contributed by atoms with Crippen molar-refractivity contribution in [3.05, 3.63) is 11.3 Å². The van der Waals surface area contributed by atoms with Gasteiger partial charge < -0.3 is 10.2 Å². The molecule has 1 fully saturated rings. The molecular weight excluding hydrogens is 282 g/mol. The number of hydrogen-bond donors (Lipinski definition) is 1. The number of nitrogens with one attached hydrogen (secondary N) is 1. The molecule has 6 heteroatoms. The number of hydrogen-bond acceptors (Lipinski definition) is 6. The Morgan fingerprint density at radius 3 is 2.67 bits per heavy atom. The molecule has 2 heterocycles. The van der Waals surface area contributed by atoms with E-state index in [1.54, 1.807) is 17.7 Å². The van der Waals surface area contributed by atoms with Gasteiger partial charge in [0, 0.05) is 12.1 Å². The van der Waals surface area contributed by atoms with E-state index in [9.17, 15) is 0 Å². The zero-order valence-electron chi connectivity index (χ0n) is 13.0. The Bertz CT molecular complexity index is 601. The summed E-state index contributed by atoms with van der Waals surface area (Å²) in [5.74, 6) is 0.907. The van der Waals surface area contributed by atoms with E-state index in [-0.39, 0.29) is 0 Å². The van der Waals surface area contributed by atoms with Crippen molar-refractivity contribution < 1.29 is 0 Å². The second kappa shape index (κ2) is 6.23. The molecule has 21 heavy (non-hydrogen) atoms. The van der Waals surface area contributed by atoms with Crippen LogP contribution in [0.2, 0.25) is 0 Å². The molecule has 0 amide bonds. The molecule has 2 aromatic heterocycles. The SMILES string of the molecule is CCc1nc2c(N[C@H]3CC[C@H](N(C)C)CC3)ncnc2s1. The molecule has 5 nitrogen and oxygen atoms in total. The summed E-state index contributed by atoms with van der Waals surface area (Å²) in [5, 5.41) is 4.72. The minimum Gasteiger partial charge on any atom is -0.365 e. The molecule has 0 spiro atoms. The number of aromatic nitrogens is 3. The third-order valence-corrected chi connectivity index (χ3v) is 5.42. The maximum atomic E-state index is 4.66. The lowest BCUT2D eigenvalue weighted by Gasteiger charge is -2.33. The van der Waals surface area contributed by atoms with Crippen molar-refractivity contribution in [1.29, 1.82) is 0 Å². The van der Waals surface area contributed by atoms with Crippen LogP contribution in [-0.2, 0) is 6.42 Å². The second-order valence-corrected chi connectivity index (χ2v) is 7.01. The maximum absolute atomic E-state index is 4.66. The van der Waals surface area contributed by atoms with Crippen molar-refractivity contribution >= 4 is 27.5 Å². The smallest absolute Gasteiger partial charge is 0.157 e. The summed E-state index contributed by atoms with van der Waals surface area (Å²) < 4.78 is 0. The Morgan fingerprint density at radius 2 is 2.00 bits per heavy atom. The predicted molar refractivity (Wildman–Crippen MR) is 87.9 cm³/mol. The molecule has 1 aliphatic rings. The first-order valence-electron chi connectivity index (χ1n) is 7.70. The highest BCUT2D eigenvalue weighted by Gasteiger charge is 2.23. The lowest BCUT2D eigenvalue weighted by Crippen LogP contribution is -2.36. The Labute approximate surface area is 129 Å². The standard InChI is InChI=1S/C15H23N5S/c1-4-12-19-13-14(16-9-17-15(13)21-12)18-10-5-7-11(8-6-10)20(2)3/h9-11H,4-8H2,1-3H3,(H,16,17,18)/t10-,11-. The third kappa shape index (κ3) is 3.16. The molecule has 0 aromatic carbocycles. The van der Waals surface area contributed by atoms with Crippen LogP contribution in [0.4, 0.5) is 5.82 Å². The minimum absolute atomic E-state index is 0.506. The molecular formula is C15H23N5S. The van der Waals surface area contributed by atoms with Crippen molar-refractivity contribution in [2.75, 3.05) is 19.4 Å². The second-order valence-electron chi connectivity index (χ2n) is 5.95. The molecule has 0 aliphatic heterocycles. The Hall–Kier alpha value is -1.27. The Kier molecular flexibility index (Phi) is 4.35. The highest BCUT2D eigenvalue weighted by Crippen LogP contribution is 2.28. The molecule has 1 aliphatic carbocycles. The van der Waals surface area contributed by atoms with Crippen LogP contribution in [0.1, 0.15) is 37.6 Å². The summed E-state index contributed by atoms with van der Waals surface area (Å²) in [6, 6.07) is 1.23. The summed E-state index contributed by atoms with van der Waals surface area (Å²) in [4.78, 5) is 16.7. The Morgan fingerprint density at radius 1 is 1.24 bits per heavy atom. The van der Waals surface area contributed by atoms with E-state index in [2.05, 4.69) is 46.2 Å². The number of aryl methyl sites for hydroxylation is 1. The summed E-state index contributed by atoms with van der Waals surface area (Å²) in [5.41, 5.74) is 0.939. The number of anilines is 1. The molecule has 1 N–H and O–H groups in total. The zero-order valence-corrected chi connectivity index (χ0v) is 13.8. The lowest BCUT2D eigenvalue weighted by atomic mass is 9.90. The van der Waals surface area contributed by atoms with Crippen LogP contribution in [0.15, 0.2) is 6.33 Å². The van der Waals surface area contributed by atoms with Gasteiger partial charge in [0.05, 0.1) is 5.01 Å². The van der Waals surface area contributed by atoms with Crippen molar-refractivity contribution in [2.45, 2.75) is 51.1 Å². The average Bonchev–Trinajstić information content (AvgIpc) is 2.92. The van der Waals surface area contributed by atoms with Gasteiger partial charge in [0.2, 0.25) is 0 Å². The third-order valence-electron chi connectivity index (χ3n) is 4.31. The van der Waals surface area contributed by atoms with Gasteiger partial charge in [-0.25, -0.2) is 15.0 Å². The van der Waals surface area contributed by atoms with Crippen LogP contribution in [0.25, 0.3) is 10.3 Å². The lowest BCUT2D eigenvalue weighted by molar-refractivity contribution is 0.221. The van der Waals surface area contributed by atoms with Gasteiger partial charge in [-0.3, -0.25) is 0 Å². The quantitative estimate of drug-likeness (QED) is 0.941. The minimum atomic E-state index is 0.506. The molecule has 2 aromatic rings. The maximum Gasteiger partial charge on any atom is 0.157 e. The van der Waals surface area contributed by atoms with Gasteiger partial charge >= 0.3 is 0 Å². The molecule has 114 valence electrons. The van der Waals surface area contributed by atoms with Gasteiger partial charge in [-0.1, -0.05) is 18.3 Å². The average molecular weight is 305 g/mol. The van der Waals surface area contributed by atoms with Crippen LogP contribution in [0, 0.1) is 0 Å². The Balaban J connectivity index is 1.72. The van der Waals surface area contributed by atoms with Crippen LogP contribution in [-0.4, -0.2) is 46.0 Å². The van der Waals surface area contributed by atoms with E-state index >= 15 is 0 Å². The molecule has 0 radical (unpaired) electrons. The van der Waals surface area contributed by atoms with Crippen LogP contribution in [0.3, 0.4) is 0 Å². The fourth-order valence-corrected chi connectivity index (χ4v) is 3.83. The van der Waals surface area contributed by atoms with Crippen LogP contribution >= 0.6 is 11.3 Å². The van der Waals surface area contributed by atoms with Gasteiger partial charge in [0.1, 0.15) is 16.7 Å². The first-order valence-corrected chi connectivity index (χ1v) is 8.52. The van der Waals surface area contributed by atoms with Gasteiger partial charge in [-0.05, 0) is 46.2 Å². The van der Waals surface area contributed by atoms with Crippen LogP contribution in [0.5, 0.6) is 0 Å². The molecule has 3 rings (SSSR count). The number of nitrogens with zero attached hydrogens (tertiary/aromatic N) is 4. The largest absolute Gasteiger partial charge is 0.365 e. The van der Waals surface area contributed by atoms with E-state index < -0.39 is 0 Å².